The van der Waals surface area contributed by atoms with Crippen molar-refractivity contribution in [3.8, 4) is 0 Å². The van der Waals surface area contributed by atoms with E-state index in [2.05, 4.69) is 26.6 Å². The first-order valence-corrected chi connectivity index (χ1v) is 6.33. The molecule has 0 aliphatic carbocycles. The molecule has 0 saturated carbocycles. The number of rotatable bonds is 7. The minimum atomic E-state index is -0.349. The topological polar surface area (TPSA) is 83.7 Å². The molecule has 1 rings (SSSR count). The van der Waals surface area contributed by atoms with Gasteiger partial charge in [0.1, 0.15) is 5.76 Å². The van der Waals surface area contributed by atoms with E-state index in [1.54, 1.807) is 19.2 Å². The van der Waals surface area contributed by atoms with Crippen molar-refractivity contribution >= 4 is 22.0 Å². The lowest BCUT2D eigenvalue weighted by atomic mass is 10.2. The Morgan fingerprint density at radius 2 is 2.39 bits per heavy atom. The lowest BCUT2D eigenvalue weighted by molar-refractivity contribution is 0.159. The molecule has 0 bridgehead atoms. The Bertz CT molecular complexity index is 370. The van der Waals surface area contributed by atoms with E-state index in [-0.39, 0.29) is 18.7 Å². The van der Waals surface area contributed by atoms with Crippen molar-refractivity contribution in [2.24, 2.45) is 0 Å². The quantitative estimate of drug-likeness (QED) is 0.705. The SMILES string of the molecule is COCC[C@H](CO)NC(=O)NCc1ccc(Br)o1. The molecule has 0 radical (unpaired) electrons. The summed E-state index contributed by atoms with van der Waals surface area (Å²) in [6, 6.07) is 2.86. The van der Waals surface area contributed by atoms with Gasteiger partial charge in [-0.2, -0.15) is 0 Å². The first-order valence-electron chi connectivity index (χ1n) is 5.54. The highest BCUT2D eigenvalue weighted by Crippen LogP contribution is 2.13. The number of hydrogen-bond donors (Lipinski definition) is 3. The molecule has 0 spiro atoms. The summed E-state index contributed by atoms with van der Waals surface area (Å²) in [6.07, 6.45) is 0.562. The number of amides is 2. The van der Waals surface area contributed by atoms with Gasteiger partial charge in [0.25, 0.3) is 0 Å². The number of methoxy groups -OCH3 is 1. The van der Waals surface area contributed by atoms with Crippen LogP contribution in [0.4, 0.5) is 4.79 Å². The molecule has 0 saturated heterocycles. The highest BCUT2D eigenvalue weighted by molar-refractivity contribution is 9.10. The van der Waals surface area contributed by atoms with Crippen molar-refractivity contribution < 1.29 is 19.1 Å². The zero-order valence-electron chi connectivity index (χ0n) is 10.1. The van der Waals surface area contributed by atoms with Gasteiger partial charge in [-0.15, -0.1) is 0 Å². The Morgan fingerprint density at radius 1 is 1.61 bits per heavy atom. The first-order chi connectivity index (χ1) is 8.65. The Kier molecular flexibility index (Phi) is 6.77. The smallest absolute Gasteiger partial charge is 0.315 e. The van der Waals surface area contributed by atoms with E-state index in [1.165, 1.54) is 0 Å². The monoisotopic (exact) mass is 320 g/mol. The molecule has 1 heterocycles. The zero-order chi connectivity index (χ0) is 13.4. The fourth-order valence-corrected chi connectivity index (χ4v) is 1.66. The van der Waals surface area contributed by atoms with Crippen LogP contribution < -0.4 is 10.6 Å². The Hall–Kier alpha value is -1.05. The molecule has 3 N–H and O–H groups in total. The number of ether oxygens (including phenoxy) is 1. The second kappa shape index (κ2) is 8.12. The number of aliphatic hydroxyl groups excluding tert-OH is 1. The summed E-state index contributed by atoms with van der Waals surface area (Å²) in [5, 5.41) is 14.3. The van der Waals surface area contributed by atoms with Gasteiger partial charge in [-0.3, -0.25) is 0 Å². The van der Waals surface area contributed by atoms with Gasteiger partial charge in [-0.05, 0) is 34.5 Å². The van der Waals surface area contributed by atoms with Crippen molar-refractivity contribution in [3.05, 3.63) is 22.6 Å². The van der Waals surface area contributed by atoms with Gasteiger partial charge in [0, 0.05) is 13.7 Å². The summed E-state index contributed by atoms with van der Waals surface area (Å²) < 4.78 is 10.7. The van der Waals surface area contributed by atoms with E-state index in [4.69, 9.17) is 14.3 Å². The van der Waals surface area contributed by atoms with Crippen molar-refractivity contribution in [3.63, 3.8) is 0 Å². The second-order valence-electron chi connectivity index (χ2n) is 3.69. The third kappa shape index (κ3) is 5.52. The zero-order valence-corrected chi connectivity index (χ0v) is 11.7. The maximum atomic E-state index is 11.5. The highest BCUT2D eigenvalue weighted by atomic mass is 79.9. The number of nitrogens with one attached hydrogen (secondary N) is 2. The second-order valence-corrected chi connectivity index (χ2v) is 4.48. The molecule has 6 nitrogen and oxygen atoms in total. The summed E-state index contributed by atoms with van der Waals surface area (Å²) in [6.45, 7) is 0.652. The Balaban J connectivity index is 2.27. The predicted molar refractivity (Wildman–Crippen MR) is 69.1 cm³/mol. The van der Waals surface area contributed by atoms with Gasteiger partial charge in [0.15, 0.2) is 4.67 Å². The molecule has 0 unspecified atom stereocenters. The summed E-state index contributed by atoms with van der Waals surface area (Å²) in [5.74, 6) is 0.648. The van der Waals surface area contributed by atoms with Crippen LogP contribution in [0.1, 0.15) is 12.2 Å². The van der Waals surface area contributed by atoms with Gasteiger partial charge in [0.2, 0.25) is 0 Å². The number of carbonyl (C=O) groups excluding carboxylic acids is 1. The lowest BCUT2D eigenvalue weighted by Crippen LogP contribution is -2.44. The van der Waals surface area contributed by atoms with E-state index in [9.17, 15) is 4.79 Å². The van der Waals surface area contributed by atoms with E-state index in [0.717, 1.165) is 0 Å². The molecule has 18 heavy (non-hydrogen) atoms. The van der Waals surface area contributed by atoms with Crippen molar-refractivity contribution in [2.45, 2.75) is 19.0 Å². The van der Waals surface area contributed by atoms with E-state index >= 15 is 0 Å². The maximum absolute atomic E-state index is 11.5. The van der Waals surface area contributed by atoms with E-state index < -0.39 is 0 Å². The molecular formula is C11H17BrN2O4. The van der Waals surface area contributed by atoms with E-state index in [0.29, 0.717) is 30.0 Å². The molecule has 0 aliphatic rings. The fourth-order valence-electron chi connectivity index (χ4n) is 1.32. The van der Waals surface area contributed by atoms with Crippen LogP contribution >= 0.6 is 15.9 Å². The molecular weight excluding hydrogens is 304 g/mol. The molecule has 0 aliphatic heterocycles. The van der Waals surface area contributed by atoms with Gasteiger partial charge >= 0.3 is 6.03 Å². The third-order valence-corrected chi connectivity index (χ3v) is 2.70. The average Bonchev–Trinajstić information content (AvgIpc) is 2.78. The predicted octanol–water partition coefficient (Wildman–Crippen LogP) is 1.24. The highest BCUT2D eigenvalue weighted by Gasteiger charge is 2.11. The summed E-state index contributed by atoms with van der Waals surface area (Å²) in [7, 11) is 1.57. The number of hydrogen-bond acceptors (Lipinski definition) is 4. The Morgan fingerprint density at radius 3 is 2.94 bits per heavy atom. The largest absolute Gasteiger partial charge is 0.452 e. The minimum absolute atomic E-state index is 0.122. The number of furan rings is 1. The third-order valence-electron chi connectivity index (χ3n) is 2.28. The number of halogens is 1. The summed E-state index contributed by atoms with van der Waals surface area (Å²) in [5.41, 5.74) is 0. The maximum Gasteiger partial charge on any atom is 0.315 e. The molecule has 7 heteroatoms. The van der Waals surface area contributed by atoms with Crippen LogP contribution in [0, 0.1) is 0 Å². The van der Waals surface area contributed by atoms with Gasteiger partial charge in [0.05, 0.1) is 19.2 Å². The fraction of sp³-hybridized carbons (Fsp3) is 0.545. The van der Waals surface area contributed by atoms with Crippen LogP contribution in [-0.4, -0.2) is 37.5 Å². The van der Waals surface area contributed by atoms with Crippen molar-refractivity contribution in [1.82, 2.24) is 10.6 Å². The summed E-state index contributed by atoms with van der Waals surface area (Å²) >= 11 is 3.18. The lowest BCUT2D eigenvalue weighted by Gasteiger charge is -2.15. The molecule has 1 atom stereocenters. The van der Waals surface area contributed by atoms with Crippen LogP contribution in [0.3, 0.4) is 0 Å². The molecule has 2 amide bonds. The van der Waals surface area contributed by atoms with Crippen LogP contribution in [0.5, 0.6) is 0 Å². The number of carbonyl (C=O) groups is 1. The molecule has 1 aromatic rings. The first kappa shape index (κ1) is 15.0. The van der Waals surface area contributed by atoms with Gasteiger partial charge < -0.3 is 24.9 Å². The molecule has 0 aromatic carbocycles. The van der Waals surface area contributed by atoms with Crippen molar-refractivity contribution in [2.75, 3.05) is 20.3 Å². The number of urea groups is 1. The van der Waals surface area contributed by atoms with Gasteiger partial charge in [-0.25, -0.2) is 4.79 Å². The standard InChI is InChI=1S/C11H17BrN2O4/c1-17-5-4-8(7-15)14-11(16)13-6-9-2-3-10(12)18-9/h2-3,8,15H,4-7H2,1H3,(H2,13,14,16)/t8-/m1/s1. The minimum Gasteiger partial charge on any atom is -0.452 e. The average molecular weight is 321 g/mol. The van der Waals surface area contributed by atoms with Crippen LogP contribution in [0.15, 0.2) is 21.2 Å². The molecule has 1 aromatic heterocycles. The number of aliphatic hydroxyl groups is 1. The van der Waals surface area contributed by atoms with Crippen LogP contribution in [0.2, 0.25) is 0 Å². The van der Waals surface area contributed by atoms with Gasteiger partial charge in [-0.1, -0.05) is 0 Å². The molecule has 102 valence electrons. The normalized spacial score (nSPS) is 12.2. The molecule has 0 fully saturated rings. The van der Waals surface area contributed by atoms with Crippen LogP contribution in [0.25, 0.3) is 0 Å². The summed E-state index contributed by atoms with van der Waals surface area (Å²) in [4.78, 5) is 11.5. The Labute approximate surface area is 114 Å². The van der Waals surface area contributed by atoms with Crippen molar-refractivity contribution in [1.29, 1.82) is 0 Å². The van der Waals surface area contributed by atoms with Crippen LogP contribution in [-0.2, 0) is 11.3 Å². The van der Waals surface area contributed by atoms with E-state index in [1.807, 2.05) is 0 Å².